The maximum atomic E-state index is 12.6. The Morgan fingerprint density at radius 2 is 2.10 bits per heavy atom. The third-order valence-corrected chi connectivity index (χ3v) is 4.61. The summed E-state index contributed by atoms with van der Waals surface area (Å²) >= 11 is 0. The van der Waals surface area contributed by atoms with Gasteiger partial charge < -0.3 is 10.2 Å². The number of hydrogen-bond acceptors (Lipinski definition) is 3. The molecular formula is C17H25N3O. The van der Waals surface area contributed by atoms with Gasteiger partial charge in [0.1, 0.15) is 0 Å². The fourth-order valence-electron chi connectivity index (χ4n) is 3.19. The molecule has 1 aromatic carbocycles. The lowest BCUT2D eigenvalue weighted by molar-refractivity contribution is -0.134. The van der Waals surface area contributed by atoms with Gasteiger partial charge in [0.2, 0.25) is 5.91 Å². The zero-order valence-corrected chi connectivity index (χ0v) is 12.8. The number of carbonyl (C=O) groups is 1. The van der Waals surface area contributed by atoms with Gasteiger partial charge in [-0.15, -0.1) is 0 Å². The second-order valence-electron chi connectivity index (χ2n) is 6.12. The molecule has 1 saturated heterocycles. The van der Waals surface area contributed by atoms with Crippen LogP contribution >= 0.6 is 0 Å². The topological polar surface area (TPSA) is 35.6 Å². The van der Waals surface area contributed by atoms with Gasteiger partial charge in [-0.05, 0) is 30.5 Å². The number of nitrogens with one attached hydrogen (secondary N) is 1. The summed E-state index contributed by atoms with van der Waals surface area (Å²) in [6.45, 7) is 7.45. The van der Waals surface area contributed by atoms with Gasteiger partial charge in [-0.3, -0.25) is 9.69 Å². The van der Waals surface area contributed by atoms with E-state index < -0.39 is 0 Å². The van der Waals surface area contributed by atoms with Crippen LogP contribution in [0.25, 0.3) is 0 Å². The van der Waals surface area contributed by atoms with E-state index in [4.69, 9.17) is 0 Å². The van der Waals surface area contributed by atoms with Crippen LogP contribution in [0.5, 0.6) is 0 Å². The lowest BCUT2D eigenvalue weighted by Gasteiger charge is -2.39. The zero-order valence-electron chi connectivity index (χ0n) is 12.8. The Kier molecular flexibility index (Phi) is 4.56. The van der Waals surface area contributed by atoms with E-state index in [9.17, 15) is 4.79 Å². The summed E-state index contributed by atoms with van der Waals surface area (Å²) in [6.07, 6.45) is 2.09. The third-order valence-electron chi connectivity index (χ3n) is 4.61. The van der Waals surface area contributed by atoms with E-state index in [1.54, 1.807) is 0 Å². The predicted octanol–water partition coefficient (Wildman–Crippen LogP) is 1.26. The van der Waals surface area contributed by atoms with Gasteiger partial charge >= 0.3 is 0 Å². The molecule has 4 nitrogen and oxygen atoms in total. The number of hydrogen-bond donors (Lipinski definition) is 1. The quantitative estimate of drug-likeness (QED) is 0.885. The van der Waals surface area contributed by atoms with Crippen LogP contribution in [-0.4, -0.2) is 54.5 Å². The molecule has 1 aromatic rings. The summed E-state index contributed by atoms with van der Waals surface area (Å²) in [5.41, 5.74) is 2.71. The Labute approximate surface area is 127 Å². The number of rotatable bonds is 5. The number of nitrogens with zero attached hydrogens (tertiary/aromatic N) is 2. The molecule has 0 spiro atoms. The lowest BCUT2D eigenvalue weighted by Crippen LogP contribution is -2.59. The van der Waals surface area contributed by atoms with E-state index in [0.717, 1.165) is 45.6 Å². The summed E-state index contributed by atoms with van der Waals surface area (Å²) < 4.78 is 0. The van der Waals surface area contributed by atoms with Crippen LogP contribution in [0.2, 0.25) is 0 Å². The highest BCUT2D eigenvalue weighted by Crippen LogP contribution is 2.19. The van der Waals surface area contributed by atoms with Crippen molar-refractivity contribution in [2.75, 3.05) is 32.7 Å². The van der Waals surface area contributed by atoms with Crippen molar-refractivity contribution in [3.63, 3.8) is 0 Å². The van der Waals surface area contributed by atoms with E-state index >= 15 is 0 Å². The van der Waals surface area contributed by atoms with Crippen molar-refractivity contribution in [3.8, 4) is 0 Å². The molecule has 0 bridgehead atoms. The minimum atomic E-state index is 0.282. The highest BCUT2D eigenvalue weighted by molar-refractivity contribution is 5.78. The molecule has 0 atom stereocenters. The van der Waals surface area contributed by atoms with Gasteiger partial charge in [0.25, 0.3) is 0 Å². The average molecular weight is 287 g/mol. The average Bonchev–Trinajstić information content (AvgIpc) is 2.45. The van der Waals surface area contributed by atoms with E-state index in [1.165, 1.54) is 11.1 Å². The van der Waals surface area contributed by atoms with Gasteiger partial charge in [-0.2, -0.15) is 0 Å². The minimum absolute atomic E-state index is 0.282. The molecule has 1 fully saturated rings. The zero-order chi connectivity index (χ0) is 14.7. The Morgan fingerprint density at radius 3 is 2.76 bits per heavy atom. The summed E-state index contributed by atoms with van der Waals surface area (Å²) in [6, 6.07) is 9.03. The second-order valence-corrected chi connectivity index (χ2v) is 6.12. The van der Waals surface area contributed by atoms with Gasteiger partial charge in [0.05, 0.1) is 6.54 Å². The van der Waals surface area contributed by atoms with Crippen molar-refractivity contribution >= 4 is 5.91 Å². The van der Waals surface area contributed by atoms with Crippen molar-refractivity contribution in [1.29, 1.82) is 0 Å². The molecule has 2 aliphatic rings. The Bertz CT molecular complexity index is 499. The molecule has 21 heavy (non-hydrogen) atoms. The molecule has 1 amide bonds. The molecular weight excluding hydrogens is 262 g/mol. The first kappa shape index (κ1) is 14.5. The van der Waals surface area contributed by atoms with E-state index in [1.807, 2.05) is 4.90 Å². The molecule has 0 aliphatic carbocycles. The van der Waals surface area contributed by atoms with Gasteiger partial charge in [0.15, 0.2) is 0 Å². The Morgan fingerprint density at radius 1 is 1.33 bits per heavy atom. The number of fused-ring (bicyclic) bond motifs is 1. The first-order valence-corrected chi connectivity index (χ1v) is 8.07. The highest BCUT2D eigenvalue weighted by Gasteiger charge is 2.28. The molecule has 114 valence electrons. The molecule has 4 heteroatoms. The lowest BCUT2D eigenvalue weighted by atomic mass is 10.00. The summed E-state index contributed by atoms with van der Waals surface area (Å²) in [5, 5.41) is 3.30. The standard InChI is InChI=1S/C17H25N3O/c1-2-8-19(16-10-18-11-16)13-17(21)20-9-7-14-5-3-4-6-15(14)12-20/h3-6,16,18H,2,7-13H2,1H3. The van der Waals surface area contributed by atoms with Crippen molar-refractivity contribution in [2.45, 2.75) is 32.4 Å². The SMILES string of the molecule is CCCN(CC(=O)N1CCc2ccccc2C1)C1CNC1. The van der Waals surface area contributed by atoms with Crippen LogP contribution in [0.15, 0.2) is 24.3 Å². The van der Waals surface area contributed by atoms with Crippen LogP contribution in [0.3, 0.4) is 0 Å². The maximum absolute atomic E-state index is 12.6. The molecule has 0 unspecified atom stereocenters. The largest absolute Gasteiger partial charge is 0.337 e. The van der Waals surface area contributed by atoms with Gasteiger partial charge in [0, 0.05) is 32.2 Å². The van der Waals surface area contributed by atoms with Crippen LogP contribution < -0.4 is 5.32 Å². The van der Waals surface area contributed by atoms with Gasteiger partial charge in [-0.25, -0.2) is 0 Å². The molecule has 2 aliphatic heterocycles. The van der Waals surface area contributed by atoms with E-state index in [2.05, 4.69) is 41.4 Å². The highest BCUT2D eigenvalue weighted by atomic mass is 16.2. The molecule has 0 radical (unpaired) electrons. The van der Waals surface area contributed by atoms with E-state index in [-0.39, 0.29) is 5.91 Å². The summed E-state index contributed by atoms with van der Waals surface area (Å²) in [4.78, 5) is 17.0. The maximum Gasteiger partial charge on any atom is 0.237 e. The molecule has 0 aromatic heterocycles. The van der Waals surface area contributed by atoms with E-state index in [0.29, 0.717) is 12.6 Å². The first-order valence-electron chi connectivity index (χ1n) is 8.07. The van der Waals surface area contributed by atoms with Crippen LogP contribution in [0, 0.1) is 0 Å². The van der Waals surface area contributed by atoms with Crippen molar-refractivity contribution in [2.24, 2.45) is 0 Å². The normalized spacial score (nSPS) is 18.5. The number of benzene rings is 1. The minimum Gasteiger partial charge on any atom is -0.337 e. The van der Waals surface area contributed by atoms with Crippen LogP contribution in [-0.2, 0) is 17.8 Å². The van der Waals surface area contributed by atoms with Crippen molar-refractivity contribution in [1.82, 2.24) is 15.1 Å². The molecule has 3 rings (SSSR count). The molecule has 0 saturated carbocycles. The monoisotopic (exact) mass is 287 g/mol. The van der Waals surface area contributed by atoms with Crippen molar-refractivity contribution in [3.05, 3.63) is 35.4 Å². The molecule has 2 heterocycles. The smallest absolute Gasteiger partial charge is 0.237 e. The fourth-order valence-corrected chi connectivity index (χ4v) is 3.19. The number of carbonyl (C=O) groups excluding carboxylic acids is 1. The summed E-state index contributed by atoms with van der Waals surface area (Å²) in [7, 11) is 0. The third kappa shape index (κ3) is 3.27. The fraction of sp³-hybridized carbons (Fsp3) is 0.588. The van der Waals surface area contributed by atoms with Gasteiger partial charge in [-0.1, -0.05) is 31.2 Å². The Balaban J connectivity index is 1.60. The van der Waals surface area contributed by atoms with Crippen molar-refractivity contribution < 1.29 is 4.79 Å². The predicted molar refractivity (Wildman–Crippen MR) is 84.1 cm³/mol. The van der Waals surface area contributed by atoms with Crippen LogP contribution in [0.4, 0.5) is 0 Å². The number of amides is 1. The van der Waals surface area contributed by atoms with Crippen LogP contribution in [0.1, 0.15) is 24.5 Å². The second kappa shape index (κ2) is 6.58. The molecule has 1 N–H and O–H groups in total. The summed E-state index contributed by atoms with van der Waals surface area (Å²) in [5.74, 6) is 0.282. The first-order chi connectivity index (χ1) is 10.3. The Hall–Kier alpha value is -1.39.